The maximum absolute atomic E-state index is 12.9. The molecule has 0 spiro atoms. The van der Waals surface area contributed by atoms with Gasteiger partial charge in [0.15, 0.2) is 0 Å². The molecule has 1 fully saturated rings. The van der Waals surface area contributed by atoms with E-state index in [4.69, 9.17) is 0 Å². The second kappa shape index (κ2) is 7.47. The summed E-state index contributed by atoms with van der Waals surface area (Å²) in [5.74, 6) is -0.728. The first-order valence-electron chi connectivity index (χ1n) is 8.41. The average molecular weight is 340 g/mol. The summed E-state index contributed by atoms with van der Waals surface area (Å²) < 4.78 is 12.9. The number of para-hydroxylation sites is 1. The molecule has 1 aliphatic heterocycles. The molecule has 0 radical (unpaired) electrons. The van der Waals surface area contributed by atoms with Gasteiger partial charge in [-0.05, 0) is 42.7 Å². The summed E-state index contributed by atoms with van der Waals surface area (Å²) in [7, 11) is 0. The van der Waals surface area contributed by atoms with E-state index in [9.17, 15) is 14.0 Å². The van der Waals surface area contributed by atoms with Crippen LogP contribution in [0.5, 0.6) is 0 Å². The maximum atomic E-state index is 12.9. The molecule has 2 aromatic rings. The van der Waals surface area contributed by atoms with Gasteiger partial charge in [-0.3, -0.25) is 9.59 Å². The Bertz CT molecular complexity index is 774. The smallest absolute Gasteiger partial charge is 0.229 e. The lowest BCUT2D eigenvalue weighted by Crippen LogP contribution is -2.30. The highest BCUT2D eigenvalue weighted by Crippen LogP contribution is 2.21. The molecule has 1 heterocycles. The molecule has 25 heavy (non-hydrogen) atoms. The number of hydrogen-bond donors (Lipinski definition) is 1. The number of nitrogens with zero attached hydrogens (tertiary/aromatic N) is 1. The van der Waals surface area contributed by atoms with Gasteiger partial charge in [0.1, 0.15) is 5.82 Å². The number of benzene rings is 2. The van der Waals surface area contributed by atoms with Crippen LogP contribution in [0.3, 0.4) is 0 Å². The van der Waals surface area contributed by atoms with E-state index >= 15 is 0 Å². The van der Waals surface area contributed by atoms with Gasteiger partial charge in [0.25, 0.3) is 0 Å². The largest absolute Gasteiger partial charge is 0.342 e. The van der Waals surface area contributed by atoms with Gasteiger partial charge < -0.3 is 10.2 Å². The summed E-state index contributed by atoms with van der Waals surface area (Å²) in [5, 5.41) is 2.91. The molecule has 2 amide bonds. The summed E-state index contributed by atoms with van der Waals surface area (Å²) in [4.78, 5) is 26.3. The minimum absolute atomic E-state index is 0.00737. The van der Waals surface area contributed by atoms with Crippen molar-refractivity contribution in [3.63, 3.8) is 0 Å². The number of rotatable bonds is 5. The fourth-order valence-electron chi connectivity index (χ4n) is 3.03. The van der Waals surface area contributed by atoms with Gasteiger partial charge in [-0.2, -0.15) is 0 Å². The number of amides is 2. The number of nitrogens with one attached hydrogen (secondary N) is 1. The highest BCUT2D eigenvalue weighted by atomic mass is 19.1. The van der Waals surface area contributed by atoms with Crippen LogP contribution in [0.4, 0.5) is 10.1 Å². The van der Waals surface area contributed by atoms with E-state index in [-0.39, 0.29) is 30.0 Å². The zero-order chi connectivity index (χ0) is 17.8. The Balaban J connectivity index is 1.55. The number of carbonyl (C=O) groups is 2. The van der Waals surface area contributed by atoms with Crippen molar-refractivity contribution in [3.8, 4) is 0 Å². The van der Waals surface area contributed by atoms with Crippen molar-refractivity contribution in [1.29, 1.82) is 0 Å². The Morgan fingerprint density at radius 3 is 2.64 bits per heavy atom. The van der Waals surface area contributed by atoms with E-state index in [1.807, 2.05) is 31.2 Å². The van der Waals surface area contributed by atoms with Gasteiger partial charge in [-0.25, -0.2) is 4.39 Å². The molecule has 0 aliphatic carbocycles. The summed E-state index contributed by atoms with van der Waals surface area (Å²) >= 11 is 0. The van der Waals surface area contributed by atoms with Crippen LogP contribution in [0.25, 0.3) is 0 Å². The molecule has 2 aromatic carbocycles. The first-order chi connectivity index (χ1) is 12.0. The third kappa shape index (κ3) is 4.24. The predicted molar refractivity (Wildman–Crippen MR) is 94.6 cm³/mol. The third-order valence-electron chi connectivity index (χ3n) is 4.57. The van der Waals surface area contributed by atoms with Crippen molar-refractivity contribution in [2.45, 2.75) is 19.8 Å². The van der Waals surface area contributed by atoms with Gasteiger partial charge in [0.05, 0.1) is 5.92 Å². The van der Waals surface area contributed by atoms with Crippen molar-refractivity contribution >= 4 is 17.5 Å². The predicted octanol–water partition coefficient (Wildman–Crippen LogP) is 3.16. The lowest BCUT2D eigenvalue weighted by Gasteiger charge is -2.17. The van der Waals surface area contributed by atoms with Crippen LogP contribution < -0.4 is 5.32 Å². The van der Waals surface area contributed by atoms with Crippen LogP contribution in [0, 0.1) is 18.7 Å². The molecular formula is C20H21FN2O2. The molecule has 5 heteroatoms. The van der Waals surface area contributed by atoms with Crippen LogP contribution in [0.2, 0.25) is 0 Å². The van der Waals surface area contributed by atoms with Crippen LogP contribution in [-0.2, 0) is 16.0 Å². The van der Waals surface area contributed by atoms with Crippen LogP contribution in [0.15, 0.2) is 48.5 Å². The van der Waals surface area contributed by atoms with E-state index in [2.05, 4.69) is 5.32 Å². The van der Waals surface area contributed by atoms with E-state index in [1.54, 1.807) is 17.0 Å². The van der Waals surface area contributed by atoms with Crippen molar-refractivity contribution in [1.82, 2.24) is 4.90 Å². The number of halogens is 1. The molecule has 0 bridgehead atoms. The molecule has 1 aliphatic rings. The number of aryl methyl sites for hydroxylation is 1. The fraction of sp³-hybridized carbons (Fsp3) is 0.300. The monoisotopic (exact) mass is 340 g/mol. The Hall–Kier alpha value is -2.69. The molecule has 1 atom stereocenters. The average Bonchev–Trinajstić information content (AvgIpc) is 2.97. The topological polar surface area (TPSA) is 49.4 Å². The number of carbonyl (C=O) groups excluding carboxylic acids is 2. The molecule has 0 unspecified atom stereocenters. The zero-order valence-corrected chi connectivity index (χ0v) is 14.2. The Morgan fingerprint density at radius 2 is 1.92 bits per heavy atom. The molecule has 1 N–H and O–H groups in total. The van der Waals surface area contributed by atoms with Crippen LogP contribution >= 0.6 is 0 Å². The van der Waals surface area contributed by atoms with Crippen LogP contribution in [-0.4, -0.2) is 29.8 Å². The van der Waals surface area contributed by atoms with E-state index in [0.717, 1.165) is 16.8 Å². The molecule has 0 aromatic heterocycles. The first-order valence-corrected chi connectivity index (χ1v) is 8.41. The van der Waals surface area contributed by atoms with Crippen molar-refractivity contribution in [2.75, 3.05) is 18.4 Å². The minimum Gasteiger partial charge on any atom is -0.342 e. The normalized spacial score (nSPS) is 17.0. The van der Waals surface area contributed by atoms with Crippen molar-refractivity contribution in [3.05, 3.63) is 65.5 Å². The van der Waals surface area contributed by atoms with Crippen molar-refractivity contribution in [2.24, 2.45) is 5.92 Å². The maximum Gasteiger partial charge on any atom is 0.229 e. The summed E-state index contributed by atoms with van der Waals surface area (Å²) in [6.07, 6.45) is 0.888. The summed E-state index contributed by atoms with van der Waals surface area (Å²) in [6.45, 7) is 2.90. The lowest BCUT2D eigenvalue weighted by molar-refractivity contribution is -0.128. The van der Waals surface area contributed by atoms with E-state index < -0.39 is 0 Å². The SMILES string of the molecule is Cc1ccccc1NC(=O)[C@H]1CC(=O)N(CCc2ccc(F)cc2)C1. The Kier molecular flexibility index (Phi) is 5.12. The second-order valence-electron chi connectivity index (χ2n) is 6.42. The molecule has 4 nitrogen and oxygen atoms in total. The third-order valence-corrected chi connectivity index (χ3v) is 4.57. The van der Waals surface area contributed by atoms with Gasteiger partial charge in [0, 0.05) is 25.2 Å². The van der Waals surface area contributed by atoms with Gasteiger partial charge >= 0.3 is 0 Å². The van der Waals surface area contributed by atoms with E-state index in [1.165, 1.54) is 12.1 Å². The van der Waals surface area contributed by atoms with Crippen LogP contribution in [0.1, 0.15) is 17.5 Å². The lowest BCUT2D eigenvalue weighted by atomic mass is 10.1. The second-order valence-corrected chi connectivity index (χ2v) is 6.42. The number of likely N-dealkylation sites (tertiary alicyclic amines) is 1. The number of hydrogen-bond acceptors (Lipinski definition) is 2. The Labute approximate surface area is 146 Å². The van der Waals surface area contributed by atoms with Gasteiger partial charge in [-0.1, -0.05) is 30.3 Å². The Morgan fingerprint density at radius 1 is 1.20 bits per heavy atom. The molecule has 0 saturated carbocycles. The standard InChI is InChI=1S/C20H21FN2O2/c1-14-4-2-3-5-18(14)22-20(25)16-12-19(24)23(13-16)11-10-15-6-8-17(21)9-7-15/h2-9,16H,10-13H2,1H3,(H,22,25)/t16-/m0/s1. The molecule has 1 saturated heterocycles. The highest BCUT2D eigenvalue weighted by Gasteiger charge is 2.34. The first kappa shape index (κ1) is 17.1. The van der Waals surface area contributed by atoms with Gasteiger partial charge in [-0.15, -0.1) is 0 Å². The summed E-state index contributed by atoms with van der Waals surface area (Å²) in [5.41, 5.74) is 2.75. The summed E-state index contributed by atoms with van der Waals surface area (Å²) in [6, 6.07) is 13.9. The zero-order valence-electron chi connectivity index (χ0n) is 14.2. The number of anilines is 1. The fourth-order valence-corrected chi connectivity index (χ4v) is 3.03. The van der Waals surface area contributed by atoms with Gasteiger partial charge in [0.2, 0.25) is 11.8 Å². The minimum atomic E-state index is -0.333. The molecule has 3 rings (SSSR count). The highest BCUT2D eigenvalue weighted by molar-refractivity contribution is 5.97. The quantitative estimate of drug-likeness (QED) is 0.909. The molecular weight excluding hydrogens is 319 g/mol. The van der Waals surface area contributed by atoms with Crippen molar-refractivity contribution < 1.29 is 14.0 Å². The molecule has 130 valence electrons. The van der Waals surface area contributed by atoms with E-state index in [0.29, 0.717) is 19.5 Å².